The SMILES string of the molecule is Cc1nc(N)sc1-c1csc(Nc2cc(C#N)ccc2OC(C)C)n1. The minimum absolute atomic E-state index is 0.0307. The van der Waals surface area contributed by atoms with Crippen molar-refractivity contribution in [1.82, 2.24) is 9.97 Å². The van der Waals surface area contributed by atoms with Crippen LogP contribution in [0.3, 0.4) is 0 Å². The van der Waals surface area contributed by atoms with E-state index in [-0.39, 0.29) is 6.10 Å². The van der Waals surface area contributed by atoms with E-state index < -0.39 is 0 Å². The predicted molar refractivity (Wildman–Crippen MR) is 103 cm³/mol. The molecule has 25 heavy (non-hydrogen) atoms. The number of nitrogens with one attached hydrogen (secondary N) is 1. The summed E-state index contributed by atoms with van der Waals surface area (Å²) in [5, 5.41) is 15.6. The summed E-state index contributed by atoms with van der Waals surface area (Å²) in [7, 11) is 0. The van der Waals surface area contributed by atoms with Crippen molar-refractivity contribution in [3.63, 3.8) is 0 Å². The van der Waals surface area contributed by atoms with Crippen LogP contribution in [0.15, 0.2) is 23.6 Å². The molecule has 0 saturated carbocycles. The summed E-state index contributed by atoms with van der Waals surface area (Å²) in [6.07, 6.45) is 0.0307. The van der Waals surface area contributed by atoms with Crippen molar-refractivity contribution in [2.24, 2.45) is 0 Å². The number of nitrogens with two attached hydrogens (primary N) is 1. The maximum atomic E-state index is 9.14. The lowest BCUT2D eigenvalue weighted by molar-refractivity contribution is 0.244. The Labute approximate surface area is 153 Å². The second-order valence-corrected chi connectivity index (χ2v) is 7.51. The highest BCUT2D eigenvalue weighted by molar-refractivity contribution is 7.19. The second-order valence-electron chi connectivity index (χ2n) is 5.62. The molecule has 8 heteroatoms. The van der Waals surface area contributed by atoms with Gasteiger partial charge in [0, 0.05) is 5.38 Å². The first-order valence-electron chi connectivity index (χ1n) is 7.63. The Hall–Kier alpha value is -2.63. The maximum absolute atomic E-state index is 9.14. The van der Waals surface area contributed by atoms with Crippen LogP contribution in [0.1, 0.15) is 25.1 Å². The van der Waals surface area contributed by atoms with Crippen LogP contribution in [0.5, 0.6) is 5.75 Å². The van der Waals surface area contributed by atoms with Crippen LogP contribution in [-0.2, 0) is 0 Å². The molecule has 0 amide bonds. The van der Waals surface area contributed by atoms with Crippen LogP contribution in [0, 0.1) is 18.3 Å². The number of nitrogen functional groups attached to an aromatic ring is 1. The molecule has 0 fully saturated rings. The van der Waals surface area contributed by atoms with Gasteiger partial charge in [0.25, 0.3) is 0 Å². The van der Waals surface area contributed by atoms with E-state index in [9.17, 15) is 0 Å². The molecule has 0 saturated heterocycles. The number of hydrogen-bond acceptors (Lipinski definition) is 8. The lowest BCUT2D eigenvalue weighted by Crippen LogP contribution is -2.07. The normalized spacial score (nSPS) is 10.7. The smallest absolute Gasteiger partial charge is 0.187 e. The maximum Gasteiger partial charge on any atom is 0.187 e. The van der Waals surface area contributed by atoms with E-state index in [2.05, 4.69) is 21.4 Å². The van der Waals surface area contributed by atoms with Crippen LogP contribution >= 0.6 is 22.7 Å². The summed E-state index contributed by atoms with van der Waals surface area (Å²) in [5.41, 5.74) is 8.74. The zero-order valence-corrected chi connectivity index (χ0v) is 15.7. The van der Waals surface area contributed by atoms with Crippen molar-refractivity contribution >= 4 is 38.6 Å². The number of benzene rings is 1. The molecular weight excluding hydrogens is 354 g/mol. The Kier molecular flexibility index (Phi) is 4.88. The Morgan fingerprint density at radius 2 is 2.12 bits per heavy atom. The minimum Gasteiger partial charge on any atom is -0.489 e. The molecule has 0 aliphatic rings. The largest absolute Gasteiger partial charge is 0.489 e. The van der Waals surface area contributed by atoms with Gasteiger partial charge in [-0.1, -0.05) is 11.3 Å². The molecule has 3 aromatic rings. The fraction of sp³-hybridized carbons (Fsp3) is 0.235. The molecule has 2 aromatic heterocycles. The van der Waals surface area contributed by atoms with Gasteiger partial charge in [0.05, 0.1) is 39.7 Å². The average molecular weight is 371 g/mol. The van der Waals surface area contributed by atoms with E-state index in [0.717, 1.165) is 16.3 Å². The molecule has 0 aliphatic carbocycles. The molecule has 6 nitrogen and oxygen atoms in total. The molecule has 0 unspecified atom stereocenters. The fourth-order valence-corrected chi connectivity index (χ4v) is 3.84. The highest BCUT2D eigenvalue weighted by Gasteiger charge is 2.14. The third kappa shape index (κ3) is 3.90. The first-order valence-corrected chi connectivity index (χ1v) is 9.32. The molecule has 0 radical (unpaired) electrons. The number of aromatic nitrogens is 2. The van der Waals surface area contributed by atoms with Crippen LogP contribution in [-0.4, -0.2) is 16.1 Å². The third-order valence-electron chi connectivity index (χ3n) is 3.26. The number of nitrogens with zero attached hydrogens (tertiary/aromatic N) is 3. The zero-order chi connectivity index (χ0) is 18.0. The molecule has 2 heterocycles. The van der Waals surface area contributed by atoms with E-state index in [4.69, 9.17) is 15.7 Å². The van der Waals surface area contributed by atoms with Gasteiger partial charge in [-0.2, -0.15) is 5.26 Å². The Bertz CT molecular complexity index is 939. The number of nitriles is 1. The summed E-state index contributed by atoms with van der Waals surface area (Å²) >= 11 is 2.90. The molecule has 0 aliphatic heterocycles. The number of ether oxygens (including phenoxy) is 1. The quantitative estimate of drug-likeness (QED) is 0.682. The van der Waals surface area contributed by atoms with E-state index in [0.29, 0.717) is 27.3 Å². The van der Waals surface area contributed by atoms with Gasteiger partial charge in [-0.3, -0.25) is 0 Å². The molecule has 1 aromatic carbocycles. The minimum atomic E-state index is 0.0307. The van der Waals surface area contributed by atoms with Gasteiger partial charge in [0.15, 0.2) is 10.3 Å². The Balaban J connectivity index is 1.90. The first kappa shape index (κ1) is 17.2. The van der Waals surface area contributed by atoms with Crippen molar-refractivity contribution in [1.29, 1.82) is 5.26 Å². The average Bonchev–Trinajstić information content (AvgIpc) is 3.14. The fourth-order valence-electron chi connectivity index (χ4n) is 2.26. The Morgan fingerprint density at radius 1 is 1.32 bits per heavy atom. The summed E-state index contributed by atoms with van der Waals surface area (Å²) < 4.78 is 5.81. The van der Waals surface area contributed by atoms with Gasteiger partial charge in [-0.05, 0) is 39.0 Å². The predicted octanol–water partition coefficient (Wildman–Crippen LogP) is 4.56. The van der Waals surface area contributed by atoms with Gasteiger partial charge < -0.3 is 15.8 Å². The summed E-state index contributed by atoms with van der Waals surface area (Å²) in [4.78, 5) is 9.81. The Morgan fingerprint density at radius 3 is 2.76 bits per heavy atom. The summed E-state index contributed by atoms with van der Waals surface area (Å²) in [6.45, 7) is 5.83. The van der Waals surface area contributed by atoms with E-state index >= 15 is 0 Å². The molecule has 0 bridgehead atoms. The van der Waals surface area contributed by atoms with Crippen LogP contribution < -0.4 is 15.8 Å². The molecule has 0 spiro atoms. The zero-order valence-electron chi connectivity index (χ0n) is 14.0. The number of anilines is 3. The van der Waals surface area contributed by atoms with Gasteiger partial charge >= 0.3 is 0 Å². The van der Waals surface area contributed by atoms with Gasteiger partial charge in [-0.25, -0.2) is 9.97 Å². The van der Waals surface area contributed by atoms with Gasteiger partial charge in [0.2, 0.25) is 0 Å². The van der Waals surface area contributed by atoms with E-state index in [1.807, 2.05) is 26.2 Å². The molecule has 0 atom stereocenters. The molecule has 128 valence electrons. The molecular formula is C17H17N5OS2. The first-order chi connectivity index (χ1) is 12.0. The molecule has 3 N–H and O–H groups in total. The monoisotopic (exact) mass is 371 g/mol. The van der Waals surface area contributed by atoms with E-state index in [1.54, 1.807) is 18.2 Å². The van der Waals surface area contributed by atoms with Crippen molar-refractivity contribution in [3.8, 4) is 22.4 Å². The highest BCUT2D eigenvalue weighted by atomic mass is 32.1. The van der Waals surface area contributed by atoms with Crippen LogP contribution in [0.2, 0.25) is 0 Å². The van der Waals surface area contributed by atoms with E-state index in [1.165, 1.54) is 22.7 Å². The summed E-state index contributed by atoms with van der Waals surface area (Å²) in [5.74, 6) is 0.684. The lowest BCUT2D eigenvalue weighted by atomic mass is 10.2. The lowest BCUT2D eigenvalue weighted by Gasteiger charge is -2.14. The number of hydrogen-bond donors (Lipinski definition) is 2. The second kappa shape index (κ2) is 7.09. The van der Waals surface area contributed by atoms with Crippen molar-refractivity contribution in [2.75, 3.05) is 11.1 Å². The van der Waals surface area contributed by atoms with Crippen molar-refractivity contribution < 1.29 is 4.74 Å². The topological polar surface area (TPSA) is 96.8 Å². The van der Waals surface area contributed by atoms with Crippen molar-refractivity contribution in [3.05, 3.63) is 34.8 Å². The number of thiazole rings is 2. The summed E-state index contributed by atoms with van der Waals surface area (Å²) in [6, 6.07) is 7.43. The standard InChI is InChI=1S/C17H17N5OS2/c1-9(2)23-14-5-4-11(7-18)6-12(14)21-17-22-13(8-24-17)15-10(3)20-16(19)25-15/h4-6,8-9H,1-3H3,(H2,19,20)(H,21,22). The van der Waals surface area contributed by atoms with Crippen molar-refractivity contribution in [2.45, 2.75) is 26.9 Å². The van der Waals surface area contributed by atoms with Crippen LogP contribution in [0.4, 0.5) is 16.0 Å². The van der Waals surface area contributed by atoms with Gasteiger partial charge in [0.1, 0.15) is 5.75 Å². The highest BCUT2D eigenvalue weighted by Crippen LogP contribution is 2.36. The van der Waals surface area contributed by atoms with Gasteiger partial charge in [-0.15, -0.1) is 11.3 Å². The third-order valence-corrected chi connectivity index (χ3v) is 5.03. The number of aryl methyl sites for hydroxylation is 1. The number of rotatable bonds is 5. The van der Waals surface area contributed by atoms with Crippen LogP contribution in [0.25, 0.3) is 10.6 Å². The molecule has 3 rings (SSSR count).